The van der Waals surface area contributed by atoms with E-state index in [-0.39, 0.29) is 17.9 Å². The molecule has 33 heavy (non-hydrogen) atoms. The number of carbonyl (C=O) groups excluding carboxylic acids is 2. The van der Waals surface area contributed by atoms with Gasteiger partial charge in [0.05, 0.1) is 23.4 Å². The molecule has 0 radical (unpaired) electrons. The predicted octanol–water partition coefficient (Wildman–Crippen LogP) is 4.18. The van der Waals surface area contributed by atoms with Gasteiger partial charge in [0.25, 0.3) is 5.56 Å². The number of pyridine rings is 1. The highest BCUT2D eigenvalue weighted by atomic mass is 32.1. The van der Waals surface area contributed by atoms with Crippen LogP contribution in [0.4, 0.5) is 9.80 Å². The Hall–Kier alpha value is -3.75. The van der Waals surface area contributed by atoms with Crippen LogP contribution in [0.5, 0.6) is 0 Å². The summed E-state index contributed by atoms with van der Waals surface area (Å²) in [6, 6.07) is 20.4. The second-order valence-electron chi connectivity index (χ2n) is 8.18. The van der Waals surface area contributed by atoms with Crippen molar-refractivity contribution >= 4 is 38.4 Å². The maximum atomic E-state index is 13.5. The van der Waals surface area contributed by atoms with Crippen LogP contribution in [0.3, 0.4) is 0 Å². The van der Waals surface area contributed by atoms with Gasteiger partial charge in [-0.2, -0.15) is 0 Å². The third-order valence-corrected chi connectivity index (χ3v) is 6.20. The summed E-state index contributed by atoms with van der Waals surface area (Å²) >= 11 is 1.15. The third kappa shape index (κ3) is 4.57. The molecule has 0 bridgehead atoms. The number of fused-ring (bicyclic) bond motifs is 1. The van der Waals surface area contributed by atoms with Gasteiger partial charge in [-0.05, 0) is 32.0 Å². The number of aliphatic hydroxyl groups excluding tert-OH is 1. The summed E-state index contributed by atoms with van der Waals surface area (Å²) in [5.41, 5.74) is 0.337. The summed E-state index contributed by atoms with van der Waals surface area (Å²) in [6.45, 7) is 3.11. The molecule has 0 spiro atoms. The summed E-state index contributed by atoms with van der Waals surface area (Å²) in [5.74, 6) is -0.267. The standard InChI is InChI=1S/C25H23N3O4S/c1-25(2,15-29)27-24(32)26-22-20(21(31)16-9-5-3-6-10-16)18-13-14-19(30)28(23(18)33-22)17-11-7-4-8-12-17/h3-14,29H,15H2,1-2H3,(H2,26,27,32). The highest BCUT2D eigenvalue weighted by molar-refractivity contribution is 7.23. The number of ketones is 1. The van der Waals surface area contributed by atoms with Gasteiger partial charge in [-0.3, -0.25) is 19.5 Å². The van der Waals surface area contributed by atoms with Crippen molar-refractivity contribution in [3.05, 3.63) is 94.3 Å². The molecule has 4 aromatic rings. The van der Waals surface area contributed by atoms with Crippen LogP contribution in [0.2, 0.25) is 0 Å². The van der Waals surface area contributed by atoms with Crippen molar-refractivity contribution in [1.82, 2.24) is 9.88 Å². The van der Waals surface area contributed by atoms with Crippen LogP contribution < -0.4 is 16.2 Å². The van der Waals surface area contributed by atoms with Crippen molar-refractivity contribution in [2.24, 2.45) is 0 Å². The Bertz CT molecular complexity index is 1380. The lowest BCUT2D eigenvalue weighted by Gasteiger charge is -2.23. The number of hydrogen-bond acceptors (Lipinski definition) is 5. The number of aliphatic hydroxyl groups is 1. The zero-order valence-corrected chi connectivity index (χ0v) is 19.0. The molecule has 0 atom stereocenters. The largest absolute Gasteiger partial charge is 0.394 e. The Morgan fingerprint density at radius 1 is 0.970 bits per heavy atom. The third-order valence-electron chi connectivity index (χ3n) is 5.09. The number of hydrogen-bond donors (Lipinski definition) is 3. The van der Waals surface area contributed by atoms with Crippen LogP contribution in [-0.4, -0.2) is 33.6 Å². The normalized spacial score (nSPS) is 11.4. The SMILES string of the molecule is CC(C)(CO)NC(=O)Nc1sc2c(ccc(=O)n2-c2ccccc2)c1C(=O)c1ccccc1. The maximum Gasteiger partial charge on any atom is 0.320 e. The van der Waals surface area contributed by atoms with Crippen molar-refractivity contribution in [3.8, 4) is 5.69 Å². The molecule has 3 N–H and O–H groups in total. The lowest BCUT2D eigenvalue weighted by Crippen LogP contribution is -2.48. The van der Waals surface area contributed by atoms with Crippen molar-refractivity contribution in [3.63, 3.8) is 0 Å². The first-order chi connectivity index (χ1) is 15.8. The average Bonchev–Trinajstić information content (AvgIpc) is 3.16. The fourth-order valence-electron chi connectivity index (χ4n) is 3.43. The number of anilines is 1. The number of amides is 2. The molecule has 0 unspecified atom stereocenters. The Balaban J connectivity index is 1.91. The van der Waals surface area contributed by atoms with Gasteiger partial charge in [0.1, 0.15) is 9.83 Å². The van der Waals surface area contributed by atoms with E-state index in [2.05, 4.69) is 10.6 Å². The van der Waals surface area contributed by atoms with E-state index in [1.807, 2.05) is 36.4 Å². The van der Waals surface area contributed by atoms with Crippen molar-refractivity contribution in [1.29, 1.82) is 0 Å². The predicted molar refractivity (Wildman–Crippen MR) is 131 cm³/mol. The maximum absolute atomic E-state index is 13.5. The fraction of sp³-hybridized carbons (Fsp3) is 0.160. The summed E-state index contributed by atoms with van der Waals surface area (Å²) in [6.07, 6.45) is 0. The van der Waals surface area contributed by atoms with Crippen LogP contribution >= 0.6 is 11.3 Å². The van der Waals surface area contributed by atoms with Gasteiger partial charge in [0.15, 0.2) is 5.78 Å². The number of nitrogens with zero attached hydrogens (tertiary/aromatic N) is 1. The topological polar surface area (TPSA) is 100 Å². The van der Waals surface area contributed by atoms with E-state index in [9.17, 15) is 19.5 Å². The molecule has 2 heterocycles. The number of thiophene rings is 1. The highest BCUT2D eigenvalue weighted by Crippen LogP contribution is 2.37. The molecule has 0 saturated heterocycles. The van der Waals surface area contributed by atoms with Crippen LogP contribution in [0, 0.1) is 0 Å². The van der Waals surface area contributed by atoms with Crippen molar-refractivity contribution in [2.45, 2.75) is 19.4 Å². The molecule has 2 aromatic carbocycles. The molecule has 2 amide bonds. The van der Waals surface area contributed by atoms with Crippen LogP contribution in [0.25, 0.3) is 15.9 Å². The Labute approximate surface area is 194 Å². The minimum Gasteiger partial charge on any atom is -0.394 e. The molecule has 2 aromatic heterocycles. The van der Waals surface area contributed by atoms with E-state index in [1.54, 1.807) is 44.2 Å². The van der Waals surface area contributed by atoms with Gasteiger partial charge in [-0.25, -0.2) is 4.79 Å². The average molecular weight is 462 g/mol. The molecule has 0 aliphatic heterocycles. The summed E-state index contributed by atoms with van der Waals surface area (Å²) in [5, 5.41) is 15.8. The first-order valence-electron chi connectivity index (χ1n) is 10.3. The van der Waals surface area contributed by atoms with E-state index in [0.717, 1.165) is 11.3 Å². The molecule has 168 valence electrons. The van der Waals surface area contributed by atoms with Gasteiger partial charge in [0.2, 0.25) is 0 Å². The van der Waals surface area contributed by atoms with Crippen LogP contribution in [0.1, 0.15) is 29.8 Å². The number of benzene rings is 2. The van der Waals surface area contributed by atoms with Gasteiger partial charge in [0, 0.05) is 17.0 Å². The second kappa shape index (κ2) is 9.01. The Morgan fingerprint density at radius 2 is 1.61 bits per heavy atom. The van der Waals surface area contributed by atoms with E-state index in [1.165, 1.54) is 10.6 Å². The smallest absolute Gasteiger partial charge is 0.320 e. The number of nitrogens with one attached hydrogen (secondary N) is 2. The van der Waals surface area contributed by atoms with E-state index >= 15 is 0 Å². The highest BCUT2D eigenvalue weighted by Gasteiger charge is 2.26. The lowest BCUT2D eigenvalue weighted by molar-refractivity contribution is 0.104. The first kappa shape index (κ1) is 22.4. The van der Waals surface area contributed by atoms with Crippen LogP contribution in [-0.2, 0) is 0 Å². The second-order valence-corrected chi connectivity index (χ2v) is 9.18. The van der Waals surface area contributed by atoms with Crippen molar-refractivity contribution < 1.29 is 14.7 Å². The molecule has 0 aliphatic carbocycles. The van der Waals surface area contributed by atoms with Gasteiger partial charge >= 0.3 is 6.03 Å². The van der Waals surface area contributed by atoms with Gasteiger partial charge in [-0.1, -0.05) is 59.9 Å². The van der Waals surface area contributed by atoms with E-state index < -0.39 is 11.6 Å². The van der Waals surface area contributed by atoms with E-state index in [4.69, 9.17) is 0 Å². The zero-order valence-electron chi connectivity index (χ0n) is 18.2. The van der Waals surface area contributed by atoms with Gasteiger partial charge in [-0.15, -0.1) is 0 Å². The first-order valence-corrected chi connectivity index (χ1v) is 11.2. The summed E-state index contributed by atoms with van der Waals surface area (Å²) < 4.78 is 1.53. The van der Waals surface area contributed by atoms with Crippen LogP contribution in [0.15, 0.2) is 77.6 Å². The minimum atomic E-state index is -0.851. The molecular weight excluding hydrogens is 438 g/mol. The molecule has 0 saturated carbocycles. The molecule has 8 heteroatoms. The number of para-hydroxylation sites is 1. The lowest BCUT2D eigenvalue weighted by atomic mass is 10.0. The number of aromatic nitrogens is 1. The molecule has 4 rings (SSSR count). The molecular formula is C25H23N3O4S. The molecule has 0 fully saturated rings. The Morgan fingerprint density at radius 3 is 2.24 bits per heavy atom. The monoisotopic (exact) mass is 461 g/mol. The Kier molecular flexibility index (Phi) is 6.13. The van der Waals surface area contributed by atoms with E-state index in [0.29, 0.717) is 32.0 Å². The number of urea groups is 1. The van der Waals surface area contributed by atoms with Gasteiger partial charge < -0.3 is 10.4 Å². The molecule has 0 aliphatic rings. The molecule has 7 nitrogen and oxygen atoms in total. The van der Waals surface area contributed by atoms with Crippen molar-refractivity contribution in [2.75, 3.05) is 11.9 Å². The summed E-state index contributed by atoms with van der Waals surface area (Å²) in [4.78, 5) is 39.5. The summed E-state index contributed by atoms with van der Waals surface area (Å²) in [7, 11) is 0. The number of rotatable bonds is 6. The fourth-order valence-corrected chi connectivity index (χ4v) is 4.64. The number of carbonyl (C=O) groups is 2. The quantitative estimate of drug-likeness (QED) is 0.375. The minimum absolute atomic E-state index is 0.244. The zero-order chi connectivity index (χ0) is 23.6.